The van der Waals surface area contributed by atoms with Crippen molar-refractivity contribution in [1.82, 2.24) is 9.80 Å². The molecule has 5 nitrogen and oxygen atoms in total. The van der Waals surface area contributed by atoms with Gasteiger partial charge in [0, 0.05) is 37.7 Å². The quantitative estimate of drug-likeness (QED) is 0.698. The number of nitrogens with zero attached hydrogens (tertiary/aromatic N) is 2. The molecule has 0 spiro atoms. The van der Waals surface area contributed by atoms with Crippen molar-refractivity contribution < 1.29 is 14.7 Å². The van der Waals surface area contributed by atoms with Gasteiger partial charge in [-0.15, -0.1) is 6.58 Å². The average Bonchev–Trinajstić information content (AvgIpc) is 2.72. The molecule has 1 heterocycles. The van der Waals surface area contributed by atoms with E-state index in [1.54, 1.807) is 13.0 Å². The Hall–Kier alpha value is -2.14. The molecule has 0 aliphatic carbocycles. The van der Waals surface area contributed by atoms with E-state index < -0.39 is 5.60 Å². The van der Waals surface area contributed by atoms with Crippen molar-refractivity contribution >= 4 is 11.8 Å². The summed E-state index contributed by atoms with van der Waals surface area (Å²) >= 11 is 0. The molecule has 2 unspecified atom stereocenters. The van der Waals surface area contributed by atoms with Crippen molar-refractivity contribution in [3.63, 3.8) is 0 Å². The molecule has 0 aromatic heterocycles. The SMILES string of the molecule is C=CC(C)(O)CCCC(C)C(=O)N1CCN(C(=O)c2ccc(CC)cc2)CC1. The molecule has 1 aliphatic heterocycles. The standard InChI is InChI=1S/C23H34N2O3/c1-5-19-9-11-20(12-10-19)22(27)25-16-14-24(15-17-25)21(26)18(3)8-7-13-23(4,28)6-2/h6,9-12,18,28H,2,5,7-8,13-17H2,1,3-4H3. The van der Waals surface area contributed by atoms with Crippen LogP contribution in [0.15, 0.2) is 36.9 Å². The molecule has 1 N–H and O–H groups in total. The van der Waals surface area contributed by atoms with Gasteiger partial charge in [0.15, 0.2) is 0 Å². The normalized spacial score (nSPS) is 17.7. The van der Waals surface area contributed by atoms with Crippen LogP contribution in [-0.4, -0.2) is 58.5 Å². The highest BCUT2D eigenvalue weighted by Crippen LogP contribution is 2.19. The van der Waals surface area contributed by atoms with Gasteiger partial charge >= 0.3 is 0 Å². The summed E-state index contributed by atoms with van der Waals surface area (Å²) in [6, 6.07) is 7.77. The Bertz CT molecular complexity index is 674. The van der Waals surface area contributed by atoms with Crippen molar-refractivity contribution in [1.29, 1.82) is 0 Å². The molecule has 1 aliphatic rings. The molecule has 28 heavy (non-hydrogen) atoms. The number of aliphatic hydroxyl groups is 1. The van der Waals surface area contributed by atoms with Gasteiger partial charge in [-0.05, 0) is 50.3 Å². The van der Waals surface area contributed by atoms with Crippen LogP contribution in [0, 0.1) is 5.92 Å². The summed E-state index contributed by atoms with van der Waals surface area (Å²) in [6.45, 7) is 11.7. The fraction of sp³-hybridized carbons (Fsp3) is 0.565. The van der Waals surface area contributed by atoms with Crippen LogP contribution in [0.1, 0.15) is 56.0 Å². The molecular formula is C23H34N2O3. The number of piperazine rings is 1. The van der Waals surface area contributed by atoms with Crippen LogP contribution in [0.25, 0.3) is 0 Å². The first-order valence-corrected chi connectivity index (χ1v) is 10.3. The maximum Gasteiger partial charge on any atom is 0.253 e. The van der Waals surface area contributed by atoms with E-state index in [4.69, 9.17) is 0 Å². The third-order valence-corrected chi connectivity index (χ3v) is 5.67. The number of benzene rings is 1. The monoisotopic (exact) mass is 386 g/mol. The Balaban J connectivity index is 1.80. The zero-order valence-corrected chi connectivity index (χ0v) is 17.5. The second kappa shape index (κ2) is 9.87. The van der Waals surface area contributed by atoms with E-state index in [0.717, 1.165) is 19.3 Å². The van der Waals surface area contributed by atoms with Gasteiger partial charge in [0.25, 0.3) is 5.91 Å². The topological polar surface area (TPSA) is 60.9 Å². The predicted octanol–water partition coefficient (Wildman–Crippen LogP) is 3.28. The molecule has 2 atom stereocenters. The molecule has 1 saturated heterocycles. The minimum absolute atomic E-state index is 0.0365. The summed E-state index contributed by atoms with van der Waals surface area (Å²) in [5, 5.41) is 9.98. The van der Waals surface area contributed by atoms with Gasteiger partial charge in [-0.1, -0.05) is 32.1 Å². The summed E-state index contributed by atoms with van der Waals surface area (Å²) < 4.78 is 0. The summed E-state index contributed by atoms with van der Waals surface area (Å²) in [5.74, 6) is 0.0940. The molecule has 2 amide bonds. The molecule has 1 aromatic rings. The van der Waals surface area contributed by atoms with Crippen LogP contribution in [0.4, 0.5) is 0 Å². The van der Waals surface area contributed by atoms with E-state index in [-0.39, 0.29) is 17.7 Å². The first-order valence-electron chi connectivity index (χ1n) is 10.3. The Morgan fingerprint density at radius 1 is 1.18 bits per heavy atom. The molecule has 5 heteroatoms. The largest absolute Gasteiger partial charge is 0.386 e. The van der Waals surface area contributed by atoms with E-state index >= 15 is 0 Å². The lowest BCUT2D eigenvalue weighted by Gasteiger charge is -2.36. The lowest BCUT2D eigenvalue weighted by atomic mass is 9.95. The van der Waals surface area contributed by atoms with Gasteiger partial charge in [-0.25, -0.2) is 0 Å². The van der Waals surface area contributed by atoms with Gasteiger partial charge in [-0.3, -0.25) is 9.59 Å². The molecule has 154 valence electrons. The predicted molar refractivity (Wildman–Crippen MR) is 112 cm³/mol. The maximum absolute atomic E-state index is 12.7. The third kappa shape index (κ3) is 5.93. The fourth-order valence-corrected chi connectivity index (χ4v) is 3.50. The number of carbonyl (C=O) groups is 2. The number of carbonyl (C=O) groups excluding carboxylic acids is 2. The minimum atomic E-state index is -0.871. The van der Waals surface area contributed by atoms with Crippen LogP contribution < -0.4 is 0 Å². The van der Waals surface area contributed by atoms with E-state index in [9.17, 15) is 14.7 Å². The Kier molecular flexibility index (Phi) is 7.81. The van der Waals surface area contributed by atoms with Crippen LogP contribution in [0.3, 0.4) is 0 Å². The molecule has 2 rings (SSSR count). The number of hydrogen-bond donors (Lipinski definition) is 1. The van der Waals surface area contributed by atoms with Crippen molar-refractivity contribution in [2.45, 2.75) is 52.1 Å². The number of aryl methyl sites for hydroxylation is 1. The second-order valence-corrected chi connectivity index (χ2v) is 8.02. The molecule has 0 saturated carbocycles. The van der Waals surface area contributed by atoms with Crippen molar-refractivity contribution in [2.75, 3.05) is 26.2 Å². The van der Waals surface area contributed by atoms with Gasteiger partial charge < -0.3 is 14.9 Å². The van der Waals surface area contributed by atoms with Crippen molar-refractivity contribution in [3.05, 3.63) is 48.0 Å². The van der Waals surface area contributed by atoms with Gasteiger partial charge in [0.1, 0.15) is 0 Å². The third-order valence-electron chi connectivity index (χ3n) is 5.67. The van der Waals surface area contributed by atoms with Crippen LogP contribution in [0.2, 0.25) is 0 Å². The lowest BCUT2D eigenvalue weighted by Crippen LogP contribution is -2.51. The van der Waals surface area contributed by atoms with Gasteiger partial charge in [0.2, 0.25) is 5.91 Å². The average molecular weight is 387 g/mol. The van der Waals surface area contributed by atoms with Crippen LogP contribution in [0.5, 0.6) is 0 Å². The van der Waals surface area contributed by atoms with E-state index in [2.05, 4.69) is 13.5 Å². The van der Waals surface area contributed by atoms with Crippen molar-refractivity contribution in [3.8, 4) is 0 Å². The number of amides is 2. The van der Waals surface area contributed by atoms with Gasteiger partial charge in [-0.2, -0.15) is 0 Å². The Labute approximate surface area is 169 Å². The smallest absolute Gasteiger partial charge is 0.253 e. The number of hydrogen-bond acceptors (Lipinski definition) is 3. The second-order valence-electron chi connectivity index (χ2n) is 8.02. The molecule has 0 radical (unpaired) electrons. The van der Waals surface area contributed by atoms with E-state index in [0.29, 0.717) is 38.2 Å². The first kappa shape index (κ1) is 22.2. The number of rotatable bonds is 8. The highest BCUT2D eigenvalue weighted by molar-refractivity contribution is 5.94. The fourth-order valence-electron chi connectivity index (χ4n) is 3.50. The highest BCUT2D eigenvalue weighted by Gasteiger charge is 2.27. The maximum atomic E-state index is 12.7. The Morgan fingerprint density at radius 2 is 1.75 bits per heavy atom. The van der Waals surface area contributed by atoms with Gasteiger partial charge in [0.05, 0.1) is 5.60 Å². The Morgan fingerprint density at radius 3 is 2.29 bits per heavy atom. The summed E-state index contributed by atoms with van der Waals surface area (Å²) in [4.78, 5) is 29.0. The lowest BCUT2D eigenvalue weighted by molar-refractivity contribution is -0.136. The zero-order valence-electron chi connectivity index (χ0n) is 17.5. The summed E-state index contributed by atoms with van der Waals surface area (Å²) in [7, 11) is 0. The minimum Gasteiger partial charge on any atom is -0.386 e. The molecule has 1 aromatic carbocycles. The summed E-state index contributed by atoms with van der Waals surface area (Å²) in [6.07, 6.45) is 4.63. The van der Waals surface area contributed by atoms with Crippen LogP contribution >= 0.6 is 0 Å². The summed E-state index contributed by atoms with van der Waals surface area (Å²) in [5.41, 5.74) is 1.06. The highest BCUT2D eigenvalue weighted by atomic mass is 16.3. The molecule has 0 bridgehead atoms. The van der Waals surface area contributed by atoms with E-state index in [1.807, 2.05) is 41.0 Å². The molecule has 1 fully saturated rings. The first-order chi connectivity index (χ1) is 13.3. The van der Waals surface area contributed by atoms with Crippen molar-refractivity contribution in [2.24, 2.45) is 5.92 Å². The zero-order chi connectivity index (χ0) is 20.7. The van der Waals surface area contributed by atoms with Crippen LogP contribution in [-0.2, 0) is 11.2 Å². The molecular weight excluding hydrogens is 352 g/mol. The van der Waals surface area contributed by atoms with E-state index in [1.165, 1.54) is 5.56 Å².